The Labute approximate surface area is 115 Å². The molecule has 8 heteroatoms. The molecule has 0 saturated heterocycles. The number of ether oxygens (including phenoxy) is 2. The summed E-state index contributed by atoms with van der Waals surface area (Å²) in [6.07, 6.45) is -0.303. The third-order valence-corrected chi connectivity index (χ3v) is 2.62. The van der Waals surface area contributed by atoms with E-state index in [9.17, 15) is 19.6 Å². The van der Waals surface area contributed by atoms with Crippen LogP contribution in [0.2, 0.25) is 0 Å². The van der Waals surface area contributed by atoms with E-state index in [0.717, 1.165) is 6.07 Å². The lowest BCUT2D eigenvalue weighted by Gasteiger charge is -2.12. The number of nitro benzene ring substituents is 1. The van der Waals surface area contributed by atoms with E-state index in [2.05, 4.69) is 5.32 Å². The van der Waals surface area contributed by atoms with Crippen LogP contribution in [-0.4, -0.2) is 43.5 Å². The first-order valence-corrected chi connectivity index (χ1v) is 5.92. The maximum Gasteiger partial charge on any atom is 0.313 e. The summed E-state index contributed by atoms with van der Waals surface area (Å²) in [7, 11) is 2.74. The Balaban J connectivity index is 2.73. The Morgan fingerprint density at radius 3 is 2.75 bits per heavy atom. The van der Waals surface area contributed by atoms with E-state index in [-0.39, 0.29) is 18.0 Å². The number of aliphatic hydroxyl groups is 1. The van der Waals surface area contributed by atoms with Crippen LogP contribution in [0.25, 0.3) is 0 Å². The summed E-state index contributed by atoms with van der Waals surface area (Å²) >= 11 is 0. The molecule has 112 valence electrons. The van der Waals surface area contributed by atoms with Crippen molar-refractivity contribution in [3.63, 3.8) is 0 Å². The number of nitrogens with zero attached hydrogens (tertiary/aromatic N) is 1. The average Bonchev–Trinajstić information content (AvgIpc) is 2.40. The van der Waals surface area contributed by atoms with Crippen molar-refractivity contribution in [3.8, 4) is 5.75 Å². The SMILES string of the molecule is COCC(O)CCNc1cc(OC)c([N+](=O)[O-])cc1F. The molecule has 20 heavy (non-hydrogen) atoms. The van der Waals surface area contributed by atoms with Crippen LogP contribution in [0.3, 0.4) is 0 Å². The highest BCUT2D eigenvalue weighted by atomic mass is 19.1. The molecule has 2 N–H and O–H groups in total. The summed E-state index contributed by atoms with van der Waals surface area (Å²) in [6, 6.07) is 2.02. The Morgan fingerprint density at radius 1 is 1.50 bits per heavy atom. The molecule has 1 aromatic carbocycles. The molecular formula is C12H17FN2O5. The van der Waals surface area contributed by atoms with Gasteiger partial charge in [0.25, 0.3) is 0 Å². The zero-order valence-corrected chi connectivity index (χ0v) is 11.3. The van der Waals surface area contributed by atoms with E-state index < -0.39 is 22.5 Å². The molecule has 0 aliphatic carbocycles. The summed E-state index contributed by atoms with van der Waals surface area (Å²) in [6.45, 7) is 0.482. The molecule has 1 atom stereocenters. The molecule has 1 rings (SSSR count). The Hall–Kier alpha value is -1.93. The lowest BCUT2D eigenvalue weighted by Crippen LogP contribution is -2.18. The normalized spacial score (nSPS) is 12.0. The largest absolute Gasteiger partial charge is 0.490 e. The van der Waals surface area contributed by atoms with Gasteiger partial charge >= 0.3 is 5.69 Å². The quantitative estimate of drug-likeness (QED) is 0.557. The van der Waals surface area contributed by atoms with E-state index in [1.165, 1.54) is 20.3 Å². The van der Waals surface area contributed by atoms with Gasteiger partial charge in [0.15, 0.2) is 11.6 Å². The minimum absolute atomic E-state index is 0.0312. The topological polar surface area (TPSA) is 93.9 Å². The molecule has 0 amide bonds. The minimum Gasteiger partial charge on any atom is -0.490 e. The van der Waals surface area contributed by atoms with Gasteiger partial charge in [-0.25, -0.2) is 4.39 Å². The Kier molecular flexibility index (Phi) is 6.13. The second-order valence-corrected chi connectivity index (χ2v) is 4.09. The van der Waals surface area contributed by atoms with Gasteiger partial charge in [-0.3, -0.25) is 10.1 Å². The molecule has 7 nitrogen and oxygen atoms in total. The van der Waals surface area contributed by atoms with Gasteiger partial charge in [-0.2, -0.15) is 0 Å². The number of anilines is 1. The van der Waals surface area contributed by atoms with Crippen LogP contribution in [-0.2, 0) is 4.74 Å². The van der Waals surface area contributed by atoms with Crippen molar-refractivity contribution in [3.05, 3.63) is 28.1 Å². The second kappa shape index (κ2) is 7.61. The molecule has 0 aliphatic heterocycles. The Morgan fingerprint density at radius 2 is 2.20 bits per heavy atom. The maximum absolute atomic E-state index is 13.7. The highest BCUT2D eigenvalue weighted by Gasteiger charge is 2.19. The van der Waals surface area contributed by atoms with Crippen LogP contribution in [0.15, 0.2) is 12.1 Å². The van der Waals surface area contributed by atoms with E-state index >= 15 is 0 Å². The first kappa shape index (κ1) is 16.1. The number of nitrogens with one attached hydrogen (secondary N) is 1. The van der Waals surface area contributed by atoms with Crippen molar-refractivity contribution < 1.29 is 23.9 Å². The average molecular weight is 288 g/mol. The molecule has 0 radical (unpaired) electrons. The van der Waals surface area contributed by atoms with Crippen LogP contribution >= 0.6 is 0 Å². The fraction of sp³-hybridized carbons (Fsp3) is 0.500. The predicted molar refractivity (Wildman–Crippen MR) is 70.6 cm³/mol. The lowest BCUT2D eigenvalue weighted by atomic mass is 10.2. The zero-order valence-electron chi connectivity index (χ0n) is 11.3. The van der Waals surface area contributed by atoms with Crippen molar-refractivity contribution in [1.82, 2.24) is 0 Å². The van der Waals surface area contributed by atoms with Gasteiger partial charge < -0.3 is 19.9 Å². The molecule has 1 unspecified atom stereocenters. The van der Waals surface area contributed by atoms with Gasteiger partial charge in [-0.05, 0) is 6.42 Å². The molecule has 0 aliphatic rings. The maximum atomic E-state index is 13.7. The summed E-state index contributed by atoms with van der Waals surface area (Å²) in [4.78, 5) is 10.00. The standard InChI is InChI=1S/C12H17FN2O5/c1-19-7-8(16)3-4-14-10-6-12(20-2)11(15(17)18)5-9(10)13/h5-6,8,14,16H,3-4,7H2,1-2H3. The molecule has 0 bridgehead atoms. The van der Waals surface area contributed by atoms with Gasteiger partial charge in [0.05, 0.1) is 36.5 Å². The van der Waals surface area contributed by atoms with Crippen molar-refractivity contribution in [2.24, 2.45) is 0 Å². The third kappa shape index (κ3) is 4.32. The summed E-state index contributed by atoms with van der Waals surface area (Å²) in [5, 5.41) is 22.9. The molecular weight excluding hydrogens is 271 g/mol. The number of hydrogen-bond donors (Lipinski definition) is 2. The first-order chi connectivity index (χ1) is 9.49. The number of methoxy groups -OCH3 is 2. The highest BCUT2D eigenvalue weighted by Crippen LogP contribution is 2.32. The monoisotopic (exact) mass is 288 g/mol. The van der Waals surface area contributed by atoms with Gasteiger partial charge in [-0.15, -0.1) is 0 Å². The number of benzene rings is 1. The molecule has 0 fully saturated rings. The number of halogens is 1. The Bertz CT molecular complexity index is 469. The number of aliphatic hydroxyl groups excluding tert-OH is 1. The van der Waals surface area contributed by atoms with Crippen molar-refractivity contribution in [2.75, 3.05) is 32.7 Å². The molecule has 0 spiro atoms. The fourth-order valence-electron chi connectivity index (χ4n) is 1.63. The number of rotatable bonds is 8. The van der Waals surface area contributed by atoms with E-state index in [0.29, 0.717) is 13.0 Å². The van der Waals surface area contributed by atoms with Gasteiger partial charge in [0.1, 0.15) is 0 Å². The third-order valence-electron chi connectivity index (χ3n) is 2.62. The molecule has 0 saturated carbocycles. The fourth-order valence-corrected chi connectivity index (χ4v) is 1.63. The second-order valence-electron chi connectivity index (χ2n) is 4.09. The van der Waals surface area contributed by atoms with Crippen LogP contribution < -0.4 is 10.1 Å². The molecule has 0 aromatic heterocycles. The number of hydrogen-bond acceptors (Lipinski definition) is 6. The molecule has 1 aromatic rings. The van der Waals surface area contributed by atoms with Crippen LogP contribution in [0.5, 0.6) is 5.75 Å². The predicted octanol–water partition coefficient (Wildman–Crippen LogP) is 1.55. The highest BCUT2D eigenvalue weighted by molar-refractivity contribution is 5.59. The summed E-state index contributed by atoms with van der Waals surface area (Å²) in [5.41, 5.74) is -0.355. The van der Waals surface area contributed by atoms with E-state index in [1.54, 1.807) is 0 Å². The van der Waals surface area contributed by atoms with Crippen LogP contribution in [0.1, 0.15) is 6.42 Å². The summed E-state index contributed by atoms with van der Waals surface area (Å²) < 4.78 is 23.3. The van der Waals surface area contributed by atoms with Crippen LogP contribution in [0.4, 0.5) is 15.8 Å². The van der Waals surface area contributed by atoms with E-state index in [1.807, 2.05) is 0 Å². The van der Waals surface area contributed by atoms with Crippen molar-refractivity contribution in [1.29, 1.82) is 0 Å². The minimum atomic E-state index is -0.751. The van der Waals surface area contributed by atoms with Crippen LogP contribution in [0, 0.1) is 15.9 Å². The van der Waals surface area contributed by atoms with Crippen molar-refractivity contribution in [2.45, 2.75) is 12.5 Å². The van der Waals surface area contributed by atoms with Gasteiger partial charge in [0, 0.05) is 19.7 Å². The van der Waals surface area contributed by atoms with Crippen molar-refractivity contribution >= 4 is 11.4 Å². The smallest absolute Gasteiger partial charge is 0.313 e. The van der Waals surface area contributed by atoms with Gasteiger partial charge in [0.2, 0.25) is 0 Å². The van der Waals surface area contributed by atoms with E-state index in [4.69, 9.17) is 9.47 Å². The number of nitro groups is 1. The van der Waals surface area contributed by atoms with Gasteiger partial charge in [-0.1, -0.05) is 0 Å². The lowest BCUT2D eigenvalue weighted by molar-refractivity contribution is -0.385. The molecule has 0 heterocycles. The summed E-state index contributed by atoms with van der Waals surface area (Å²) in [5.74, 6) is -0.782. The first-order valence-electron chi connectivity index (χ1n) is 5.92. The zero-order chi connectivity index (χ0) is 15.1.